The molecular weight excluding hydrogens is 448 g/mol. The van der Waals surface area contributed by atoms with Gasteiger partial charge in [-0.1, -0.05) is 84.2 Å². The zero-order valence-electron chi connectivity index (χ0n) is 21.0. The Hall–Kier alpha value is -2.40. The molecule has 0 saturated heterocycles. The van der Waals surface area contributed by atoms with E-state index >= 15 is 0 Å². The van der Waals surface area contributed by atoms with E-state index in [4.69, 9.17) is 22.1 Å². The quantitative estimate of drug-likeness (QED) is 0.279. The van der Waals surface area contributed by atoms with Gasteiger partial charge in [0.1, 0.15) is 11.5 Å². The Morgan fingerprint density at radius 1 is 1.03 bits per heavy atom. The Labute approximate surface area is 210 Å². The average molecular weight is 488 g/mol. The van der Waals surface area contributed by atoms with Gasteiger partial charge >= 0.3 is 0 Å². The minimum absolute atomic E-state index is 0.161. The second-order valence-electron chi connectivity index (χ2n) is 9.98. The Balaban J connectivity index is 2.07. The third kappa shape index (κ3) is 9.09. The second kappa shape index (κ2) is 13.5. The number of carbonyl (C=O) groups excluding carboxylic acids is 1. The van der Waals surface area contributed by atoms with Gasteiger partial charge in [-0.3, -0.25) is 10.5 Å². The normalized spacial score (nSPS) is 12.4. The number of benzene rings is 2. The molecule has 1 radical (unpaired) electrons. The summed E-state index contributed by atoms with van der Waals surface area (Å²) in [7, 11) is 0. The molecule has 187 valence electrons. The van der Waals surface area contributed by atoms with Crippen LogP contribution in [-0.2, 0) is 10.2 Å². The molecule has 0 bridgehead atoms. The standard InChI is InChI=1S/C28H40ClN2O3/c1-5-6-7-8-9-10-11-12-13-26(27(33)31-20-14-16-23(29)24(30)18-20)34-21-15-17-25(32)22(19-21)28(2,3)4/h14-19,26,30,32H,5-13H2,1-4H3,(H,31,33). The number of hydrogen-bond donors (Lipinski definition) is 2. The number of carbonyl (C=O) groups is 1. The second-order valence-corrected chi connectivity index (χ2v) is 10.4. The summed E-state index contributed by atoms with van der Waals surface area (Å²) < 4.78 is 6.16. The maximum absolute atomic E-state index is 13.1. The maximum Gasteiger partial charge on any atom is 0.265 e. The van der Waals surface area contributed by atoms with E-state index in [1.54, 1.807) is 24.3 Å². The molecule has 0 fully saturated rings. The first-order valence-corrected chi connectivity index (χ1v) is 12.8. The number of rotatable bonds is 13. The van der Waals surface area contributed by atoms with Crippen LogP contribution >= 0.6 is 11.6 Å². The average Bonchev–Trinajstić information content (AvgIpc) is 2.77. The van der Waals surface area contributed by atoms with Crippen molar-refractivity contribution in [1.82, 2.24) is 5.73 Å². The molecule has 5 nitrogen and oxygen atoms in total. The van der Waals surface area contributed by atoms with Crippen molar-refractivity contribution in [2.75, 3.05) is 5.32 Å². The Morgan fingerprint density at radius 3 is 2.29 bits per heavy atom. The van der Waals surface area contributed by atoms with Gasteiger partial charge in [0.2, 0.25) is 0 Å². The highest BCUT2D eigenvalue weighted by atomic mass is 35.5. The fourth-order valence-electron chi connectivity index (χ4n) is 3.89. The van der Waals surface area contributed by atoms with Crippen molar-refractivity contribution in [2.45, 2.75) is 97.0 Å². The van der Waals surface area contributed by atoms with E-state index < -0.39 is 6.10 Å². The number of hydrogen-bond acceptors (Lipinski definition) is 3. The number of phenolic OH excluding ortho intramolecular Hbond substituents is 1. The summed E-state index contributed by atoms with van der Waals surface area (Å²) >= 11 is 5.94. The first kappa shape index (κ1) is 27.8. The molecule has 0 aliphatic carbocycles. The lowest BCUT2D eigenvalue weighted by atomic mass is 9.86. The number of ether oxygens (including phenoxy) is 1. The number of nitrogens with one attached hydrogen (secondary N) is 2. The molecule has 6 heteroatoms. The molecule has 1 amide bonds. The molecule has 1 atom stereocenters. The van der Waals surface area contributed by atoms with Gasteiger partial charge < -0.3 is 15.2 Å². The van der Waals surface area contributed by atoms with E-state index in [1.807, 2.05) is 26.8 Å². The highest BCUT2D eigenvalue weighted by Crippen LogP contribution is 2.34. The van der Waals surface area contributed by atoms with Crippen LogP contribution in [0.5, 0.6) is 11.5 Å². The lowest BCUT2D eigenvalue weighted by Crippen LogP contribution is -2.33. The van der Waals surface area contributed by atoms with E-state index in [9.17, 15) is 9.90 Å². The molecule has 2 aromatic carbocycles. The van der Waals surface area contributed by atoms with Crippen molar-refractivity contribution in [3.05, 3.63) is 47.0 Å². The van der Waals surface area contributed by atoms with E-state index in [1.165, 1.54) is 38.2 Å². The van der Waals surface area contributed by atoms with Gasteiger partial charge in [0.25, 0.3) is 5.91 Å². The lowest BCUT2D eigenvalue weighted by Gasteiger charge is -2.23. The minimum Gasteiger partial charge on any atom is -0.508 e. The lowest BCUT2D eigenvalue weighted by molar-refractivity contribution is -0.123. The SMILES string of the molecule is CCCCCCCCCCC(Oc1ccc(O)c(C(C)(C)C)c1)C(=O)Nc1ccc(Cl)c([NH])c1. The fraction of sp³-hybridized carbons (Fsp3) is 0.536. The van der Waals surface area contributed by atoms with Crippen LogP contribution in [-0.4, -0.2) is 17.1 Å². The third-order valence-corrected chi connectivity index (χ3v) is 6.23. The van der Waals surface area contributed by atoms with E-state index in [2.05, 4.69) is 12.2 Å². The number of phenols is 1. The monoisotopic (exact) mass is 487 g/mol. The molecule has 3 N–H and O–H groups in total. The van der Waals surface area contributed by atoms with E-state index in [0.29, 0.717) is 22.9 Å². The number of anilines is 1. The van der Waals surface area contributed by atoms with Crippen LogP contribution in [0.1, 0.15) is 91.0 Å². The molecular formula is C28H40ClN2O3. The highest BCUT2D eigenvalue weighted by Gasteiger charge is 2.23. The predicted molar refractivity (Wildman–Crippen MR) is 141 cm³/mol. The Morgan fingerprint density at radius 2 is 1.68 bits per heavy atom. The first-order valence-electron chi connectivity index (χ1n) is 12.4. The predicted octanol–water partition coefficient (Wildman–Crippen LogP) is 8.17. The van der Waals surface area contributed by atoms with Crippen LogP contribution in [0.15, 0.2) is 36.4 Å². The number of amides is 1. The summed E-state index contributed by atoms with van der Waals surface area (Å²) in [6.45, 7) is 8.29. The van der Waals surface area contributed by atoms with Crippen molar-refractivity contribution in [1.29, 1.82) is 0 Å². The summed E-state index contributed by atoms with van der Waals surface area (Å²) in [5.74, 6) is 0.517. The van der Waals surface area contributed by atoms with Crippen LogP contribution < -0.4 is 15.8 Å². The van der Waals surface area contributed by atoms with Gasteiger partial charge in [0.15, 0.2) is 6.10 Å². The largest absolute Gasteiger partial charge is 0.508 e. The fourth-order valence-corrected chi connectivity index (χ4v) is 4.00. The Kier molecular flexibility index (Phi) is 11.0. The smallest absolute Gasteiger partial charge is 0.265 e. The van der Waals surface area contributed by atoms with Crippen LogP contribution in [0, 0.1) is 0 Å². The molecule has 34 heavy (non-hydrogen) atoms. The summed E-state index contributed by atoms with van der Waals surface area (Å²) in [4.78, 5) is 13.1. The van der Waals surface area contributed by atoms with Crippen molar-refractivity contribution in [3.8, 4) is 11.5 Å². The zero-order valence-corrected chi connectivity index (χ0v) is 21.8. The number of halogens is 1. The summed E-state index contributed by atoms with van der Waals surface area (Å²) in [5, 5.41) is 13.5. The molecule has 0 aromatic heterocycles. The van der Waals surface area contributed by atoms with Gasteiger partial charge in [-0.05, 0) is 54.7 Å². The van der Waals surface area contributed by atoms with Crippen molar-refractivity contribution < 1.29 is 14.6 Å². The van der Waals surface area contributed by atoms with Crippen LogP contribution in [0.2, 0.25) is 5.02 Å². The molecule has 0 saturated carbocycles. The molecule has 1 unspecified atom stereocenters. The summed E-state index contributed by atoms with van der Waals surface area (Å²) in [6.07, 6.45) is 9.34. The van der Waals surface area contributed by atoms with Crippen LogP contribution in [0.25, 0.3) is 0 Å². The number of aromatic hydroxyl groups is 1. The van der Waals surface area contributed by atoms with Gasteiger partial charge in [-0.2, -0.15) is 0 Å². The Bertz CT molecular complexity index is 924. The van der Waals surface area contributed by atoms with E-state index in [-0.39, 0.29) is 22.8 Å². The summed E-state index contributed by atoms with van der Waals surface area (Å²) in [6, 6.07) is 9.95. The molecule has 0 spiro atoms. The summed E-state index contributed by atoms with van der Waals surface area (Å²) in [5.41, 5.74) is 9.07. The molecule has 2 aromatic rings. The van der Waals surface area contributed by atoms with Crippen LogP contribution in [0.3, 0.4) is 0 Å². The van der Waals surface area contributed by atoms with Crippen molar-refractivity contribution in [2.24, 2.45) is 0 Å². The third-order valence-electron chi connectivity index (χ3n) is 5.90. The van der Waals surface area contributed by atoms with Gasteiger partial charge in [-0.25, -0.2) is 0 Å². The van der Waals surface area contributed by atoms with Gasteiger partial charge in [0.05, 0.1) is 10.7 Å². The molecule has 0 aliphatic rings. The zero-order chi connectivity index (χ0) is 25.1. The topological polar surface area (TPSA) is 82.4 Å². The number of unbranched alkanes of at least 4 members (excludes halogenated alkanes) is 7. The highest BCUT2D eigenvalue weighted by molar-refractivity contribution is 6.33. The van der Waals surface area contributed by atoms with Crippen molar-refractivity contribution in [3.63, 3.8) is 0 Å². The molecule has 2 rings (SSSR count). The van der Waals surface area contributed by atoms with Crippen LogP contribution in [0.4, 0.5) is 11.4 Å². The van der Waals surface area contributed by atoms with E-state index in [0.717, 1.165) is 24.8 Å². The minimum atomic E-state index is -0.678. The first-order chi connectivity index (χ1) is 16.1. The van der Waals surface area contributed by atoms with Gasteiger partial charge in [-0.15, -0.1) is 0 Å². The van der Waals surface area contributed by atoms with Gasteiger partial charge in [0, 0.05) is 11.3 Å². The molecule has 0 aliphatic heterocycles. The maximum atomic E-state index is 13.1. The van der Waals surface area contributed by atoms with Crippen molar-refractivity contribution >= 4 is 28.9 Å². The molecule has 0 heterocycles.